The second-order valence-electron chi connectivity index (χ2n) is 2.21. The number of nitrogens with one attached hydrogen (secondary N) is 1. The number of hydrogen-bond donors (Lipinski definition) is 1. The van der Waals surface area contributed by atoms with Crippen LogP contribution >= 0.6 is 0 Å². The third-order valence-corrected chi connectivity index (χ3v) is 1.85. The fraction of sp³-hybridized carbons (Fsp3) is 0.600. The fourth-order valence-corrected chi connectivity index (χ4v) is 1.43. The smallest absolute Gasteiger partial charge is 0.168 e. The van der Waals surface area contributed by atoms with Crippen LogP contribution in [0.5, 0.6) is 0 Å². The molecule has 0 amide bonds. The van der Waals surface area contributed by atoms with Gasteiger partial charge in [0.05, 0.1) is 0 Å². The van der Waals surface area contributed by atoms with E-state index in [-0.39, 0.29) is 0 Å². The Hall–Kier alpha value is -0.350. The lowest BCUT2D eigenvalue weighted by Gasteiger charge is -2.17. The second kappa shape index (κ2) is 2.11. The van der Waals surface area contributed by atoms with Crippen molar-refractivity contribution in [1.82, 2.24) is 5.32 Å². The van der Waals surface area contributed by atoms with E-state index < -0.39 is 9.84 Å². The third-order valence-electron chi connectivity index (χ3n) is 1.08. The quantitative estimate of drug-likeness (QED) is 0.545. The standard InChI is InChI=1S/C5H9NO2S/c1-9(7,8)4-5-2-6-3-5/h4,6H,2-3H2,1H3. The average molecular weight is 147 g/mol. The molecule has 0 atom stereocenters. The molecule has 1 aliphatic heterocycles. The van der Waals surface area contributed by atoms with Crippen LogP contribution < -0.4 is 5.32 Å². The van der Waals surface area contributed by atoms with Crippen LogP contribution in [0.15, 0.2) is 11.0 Å². The molecule has 1 aliphatic rings. The van der Waals surface area contributed by atoms with E-state index >= 15 is 0 Å². The van der Waals surface area contributed by atoms with E-state index in [1.54, 1.807) is 0 Å². The van der Waals surface area contributed by atoms with E-state index in [1.165, 1.54) is 11.7 Å². The summed E-state index contributed by atoms with van der Waals surface area (Å²) in [5, 5.41) is 4.27. The molecular formula is C5H9NO2S. The van der Waals surface area contributed by atoms with Gasteiger partial charge in [0.25, 0.3) is 0 Å². The summed E-state index contributed by atoms with van der Waals surface area (Å²) < 4.78 is 21.1. The van der Waals surface area contributed by atoms with Gasteiger partial charge in [-0.25, -0.2) is 8.42 Å². The minimum Gasteiger partial charge on any atom is -0.309 e. The van der Waals surface area contributed by atoms with Crippen LogP contribution in [0.25, 0.3) is 0 Å². The molecule has 1 N–H and O–H groups in total. The van der Waals surface area contributed by atoms with Crippen molar-refractivity contribution in [2.45, 2.75) is 0 Å². The summed E-state index contributed by atoms with van der Waals surface area (Å²) in [5.41, 5.74) is 0.970. The van der Waals surface area contributed by atoms with Crippen LogP contribution in [0, 0.1) is 0 Å². The zero-order chi connectivity index (χ0) is 6.91. The number of sulfone groups is 1. The predicted octanol–water partition coefficient (Wildman–Crippen LogP) is -0.482. The lowest BCUT2D eigenvalue weighted by atomic mass is 10.2. The number of rotatable bonds is 1. The van der Waals surface area contributed by atoms with Crippen molar-refractivity contribution in [3.63, 3.8) is 0 Å². The topological polar surface area (TPSA) is 46.2 Å². The normalized spacial score (nSPS) is 19.0. The summed E-state index contributed by atoms with van der Waals surface area (Å²) in [5.74, 6) is 0. The first-order valence-corrected chi connectivity index (χ1v) is 4.63. The molecule has 0 radical (unpaired) electrons. The van der Waals surface area contributed by atoms with Crippen LogP contribution in [0.2, 0.25) is 0 Å². The summed E-state index contributed by atoms with van der Waals surface area (Å²) >= 11 is 0. The molecule has 0 aliphatic carbocycles. The third kappa shape index (κ3) is 2.15. The maximum Gasteiger partial charge on any atom is 0.168 e. The van der Waals surface area contributed by atoms with Gasteiger partial charge >= 0.3 is 0 Å². The highest BCUT2D eigenvalue weighted by atomic mass is 32.2. The average Bonchev–Trinajstić information content (AvgIpc) is 1.53. The Balaban J connectivity index is 2.68. The monoisotopic (exact) mass is 147 g/mol. The van der Waals surface area contributed by atoms with Crippen molar-refractivity contribution >= 4 is 9.84 Å². The molecule has 0 aromatic carbocycles. The Bertz CT molecular complexity index is 221. The summed E-state index contributed by atoms with van der Waals surface area (Å²) in [6.07, 6.45) is 1.21. The zero-order valence-electron chi connectivity index (χ0n) is 5.22. The van der Waals surface area contributed by atoms with Gasteiger partial charge in [-0.2, -0.15) is 0 Å². The number of hydrogen-bond acceptors (Lipinski definition) is 3. The zero-order valence-corrected chi connectivity index (χ0v) is 6.03. The SMILES string of the molecule is CS(=O)(=O)C=C1CNC1. The van der Waals surface area contributed by atoms with E-state index in [2.05, 4.69) is 5.32 Å². The van der Waals surface area contributed by atoms with Gasteiger partial charge < -0.3 is 5.32 Å². The molecule has 0 saturated carbocycles. The molecule has 0 aromatic rings. The minimum atomic E-state index is -2.89. The van der Waals surface area contributed by atoms with Crippen molar-refractivity contribution in [3.05, 3.63) is 11.0 Å². The summed E-state index contributed by atoms with van der Waals surface area (Å²) in [6, 6.07) is 0. The Kier molecular flexibility index (Phi) is 1.59. The van der Waals surface area contributed by atoms with Gasteiger partial charge in [-0.05, 0) is 5.57 Å². The molecule has 0 unspecified atom stereocenters. The van der Waals surface area contributed by atoms with Gasteiger partial charge in [-0.1, -0.05) is 0 Å². The lowest BCUT2D eigenvalue weighted by Crippen LogP contribution is -2.34. The molecule has 0 bridgehead atoms. The van der Waals surface area contributed by atoms with E-state index in [0.29, 0.717) is 0 Å². The van der Waals surface area contributed by atoms with Gasteiger partial charge in [0.2, 0.25) is 0 Å². The van der Waals surface area contributed by atoms with Crippen LogP contribution in [0.4, 0.5) is 0 Å². The molecule has 3 nitrogen and oxygen atoms in total. The molecule has 4 heteroatoms. The van der Waals surface area contributed by atoms with Gasteiger partial charge in [-0.3, -0.25) is 0 Å². The highest BCUT2D eigenvalue weighted by Gasteiger charge is 2.09. The summed E-state index contributed by atoms with van der Waals surface area (Å²) in [7, 11) is -2.89. The van der Waals surface area contributed by atoms with Crippen LogP contribution in [0.1, 0.15) is 0 Å². The molecule has 0 aromatic heterocycles. The van der Waals surface area contributed by atoms with Crippen LogP contribution in [0.3, 0.4) is 0 Å². The molecule has 1 heterocycles. The Morgan fingerprint density at radius 2 is 2.11 bits per heavy atom. The Morgan fingerprint density at radius 3 is 2.22 bits per heavy atom. The van der Waals surface area contributed by atoms with Gasteiger partial charge in [0.1, 0.15) is 0 Å². The Labute approximate surface area is 54.7 Å². The predicted molar refractivity (Wildman–Crippen MR) is 35.8 cm³/mol. The van der Waals surface area contributed by atoms with E-state index in [9.17, 15) is 8.42 Å². The van der Waals surface area contributed by atoms with Gasteiger partial charge in [-0.15, -0.1) is 0 Å². The first-order chi connectivity index (χ1) is 4.08. The lowest BCUT2D eigenvalue weighted by molar-refractivity contribution is 0.607. The first-order valence-electron chi connectivity index (χ1n) is 2.68. The molecule has 1 rings (SSSR count). The van der Waals surface area contributed by atoms with Crippen molar-refractivity contribution in [2.75, 3.05) is 19.3 Å². The summed E-state index contributed by atoms with van der Waals surface area (Å²) in [6.45, 7) is 1.46. The molecule has 0 spiro atoms. The van der Waals surface area contributed by atoms with Gasteiger partial charge in [0, 0.05) is 24.8 Å². The van der Waals surface area contributed by atoms with Crippen molar-refractivity contribution < 1.29 is 8.42 Å². The fourth-order valence-electron chi connectivity index (χ4n) is 0.655. The maximum absolute atomic E-state index is 10.5. The summed E-state index contributed by atoms with van der Waals surface area (Å²) in [4.78, 5) is 0. The first kappa shape index (κ1) is 6.77. The van der Waals surface area contributed by atoms with Crippen molar-refractivity contribution in [1.29, 1.82) is 0 Å². The van der Waals surface area contributed by atoms with E-state index in [0.717, 1.165) is 18.7 Å². The van der Waals surface area contributed by atoms with Crippen molar-refractivity contribution in [2.24, 2.45) is 0 Å². The largest absolute Gasteiger partial charge is 0.309 e. The second-order valence-corrected chi connectivity index (χ2v) is 4.10. The molecule has 1 fully saturated rings. The highest BCUT2D eigenvalue weighted by Crippen LogP contribution is 2.02. The molecule has 1 saturated heterocycles. The van der Waals surface area contributed by atoms with Crippen molar-refractivity contribution in [3.8, 4) is 0 Å². The van der Waals surface area contributed by atoms with Gasteiger partial charge in [0.15, 0.2) is 9.84 Å². The van der Waals surface area contributed by atoms with Crippen LogP contribution in [-0.4, -0.2) is 27.8 Å². The maximum atomic E-state index is 10.5. The molecule has 9 heavy (non-hydrogen) atoms. The Morgan fingerprint density at radius 1 is 1.56 bits per heavy atom. The van der Waals surface area contributed by atoms with Crippen LogP contribution in [-0.2, 0) is 9.84 Å². The highest BCUT2D eigenvalue weighted by molar-refractivity contribution is 7.93. The molecule has 52 valence electrons. The van der Waals surface area contributed by atoms with E-state index in [4.69, 9.17) is 0 Å². The van der Waals surface area contributed by atoms with E-state index in [1.807, 2.05) is 0 Å². The molecular weight excluding hydrogens is 138 g/mol. The minimum absolute atomic E-state index is 0.729.